The molecule has 1 aromatic carbocycles. The van der Waals surface area contributed by atoms with Crippen LogP contribution in [-0.4, -0.2) is 12.6 Å². The van der Waals surface area contributed by atoms with Crippen LogP contribution in [0.3, 0.4) is 0 Å². The molecule has 0 saturated heterocycles. The summed E-state index contributed by atoms with van der Waals surface area (Å²) in [6, 6.07) is 12.0. The molecule has 1 N–H and O–H groups in total. The second-order valence-electron chi connectivity index (χ2n) is 6.73. The number of benzene rings is 1. The van der Waals surface area contributed by atoms with E-state index in [1.165, 1.54) is 45.1 Å². The summed E-state index contributed by atoms with van der Waals surface area (Å²) in [5.74, 6) is 1.84. The molecule has 0 aromatic heterocycles. The lowest BCUT2D eigenvalue weighted by atomic mass is 9.64. The largest absolute Gasteiger partial charge is 0.313 e. The van der Waals surface area contributed by atoms with E-state index in [2.05, 4.69) is 35.6 Å². The van der Waals surface area contributed by atoms with Crippen LogP contribution in [0.2, 0.25) is 0 Å². The monoisotopic (exact) mass is 241 g/mol. The van der Waals surface area contributed by atoms with Gasteiger partial charge in [-0.3, -0.25) is 0 Å². The molecule has 0 spiro atoms. The molecule has 18 heavy (non-hydrogen) atoms. The Morgan fingerprint density at radius 2 is 1.89 bits per heavy atom. The van der Waals surface area contributed by atoms with Crippen molar-refractivity contribution >= 4 is 0 Å². The van der Waals surface area contributed by atoms with Crippen molar-refractivity contribution in [3.05, 3.63) is 35.9 Å². The molecule has 2 atom stereocenters. The lowest BCUT2D eigenvalue weighted by Crippen LogP contribution is -2.42. The highest BCUT2D eigenvalue weighted by Crippen LogP contribution is 2.63. The van der Waals surface area contributed by atoms with Crippen LogP contribution in [0.5, 0.6) is 0 Å². The average Bonchev–Trinajstić information content (AvgIpc) is 3.24. The summed E-state index contributed by atoms with van der Waals surface area (Å²) in [4.78, 5) is 0. The summed E-state index contributed by atoms with van der Waals surface area (Å²) in [6.07, 6.45) is 8.69. The molecular weight excluding hydrogens is 218 g/mol. The smallest absolute Gasteiger partial charge is 0.00684 e. The van der Waals surface area contributed by atoms with Crippen LogP contribution >= 0.6 is 0 Å². The maximum atomic E-state index is 3.79. The van der Waals surface area contributed by atoms with Crippen LogP contribution in [0.15, 0.2) is 30.3 Å². The van der Waals surface area contributed by atoms with Gasteiger partial charge in [-0.25, -0.2) is 0 Å². The minimum atomic E-state index is 0.670. The highest BCUT2D eigenvalue weighted by molar-refractivity contribution is 5.28. The third kappa shape index (κ3) is 1.89. The van der Waals surface area contributed by atoms with E-state index in [1.54, 1.807) is 5.56 Å². The van der Waals surface area contributed by atoms with Gasteiger partial charge in [-0.15, -0.1) is 0 Å². The lowest BCUT2D eigenvalue weighted by molar-refractivity contribution is 0.0956. The predicted molar refractivity (Wildman–Crippen MR) is 74.6 cm³/mol. The molecule has 96 valence electrons. The van der Waals surface area contributed by atoms with Crippen LogP contribution in [0.1, 0.15) is 50.0 Å². The van der Waals surface area contributed by atoms with Gasteiger partial charge in [0.1, 0.15) is 0 Å². The zero-order valence-corrected chi connectivity index (χ0v) is 11.1. The van der Waals surface area contributed by atoms with Crippen molar-refractivity contribution in [3.63, 3.8) is 0 Å². The molecule has 3 fully saturated rings. The lowest BCUT2D eigenvalue weighted by Gasteiger charge is -2.43. The van der Waals surface area contributed by atoms with Gasteiger partial charge in [-0.05, 0) is 54.9 Å². The van der Waals surface area contributed by atoms with Crippen molar-refractivity contribution in [2.75, 3.05) is 6.54 Å². The zero-order valence-electron chi connectivity index (χ0n) is 11.1. The molecule has 1 nitrogen and oxygen atoms in total. The maximum Gasteiger partial charge on any atom is 0.00684 e. The molecule has 0 amide bonds. The van der Waals surface area contributed by atoms with Crippen LogP contribution in [-0.2, 0) is 0 Å². The fourth-order valence-corrected chi connectivity index (χ4v) is 3.89. The molecule has 0 bridgehead atoms. The first-order valence-corrected chi connectivity index (χ1v) is 7.66. The SMILES string of the molecule is c1ccc(C2CC2C2(CNC3CC3)CCC2)cc1. The van der Waals surface area contributed by atoms with E-state index in [-0.39, 0.29) is 0 Å². The minimum Gasteiger partial charge on any atom is -0.313 e. The van der Waals surface area contributed by atoms with Gasteiger partial charge in [-0.2, -0.15) is 0 Å². The van der Waals surface area contributed by atoms with E-state index in [0.717, 1.165) is 17.9 Å². The summed E-state index contributed by atoms with van der Waals surface area (Å²) in [5, 5.41) is 3.79. The average molecular weight is 241 g/mol. The van der Waals surface area contributed by atoms with Gasteiger partial charge in [0.2, 0.25) is 0 Å². The minimum absolute atomic E-state index is 0.670. The molecule has 0 heterocycles. The van der Waals surface area contributed by atoms with Gasteiger partial charge >= 0.3 is 0 Å². The van der Waals surface area contributed by atoms with Crippen molar-refractivity contribution in [1.29, 1.82) is 0 Å². The summed E-state index contributed by atoms with van der Waals surface area (Å²) in [7, 11) is 0. The van der Waals surface area contributed by atoms with Crippen molar-refractivity contribution in [2.45, 2.75) is 50.5 Å². The maximum absolute atomic E-state index is 3.79. The van der Waals surface area contributed by atoms with Gasteiger partial charge < -0.3 is 5.32 Å². The van der Waals surface area contributed by atoms with Crippen molar-refractivity contribution in [2.24, 2.45) is 11.3 Å². The van der Waals surface area contributed by atoms with Crippen molar-refractivity contribution in [3.8, 4) is 0 Å². The quantitative estimate of drug-likeness (QED) is 0.828. The van der Waals surface area contributed by atoms with Gasteiger partial charge in [0.15, 0.2) is 0 Å². The van der Waals surface area contributed by atoms with Crippen LogP contribution in [0.25, 0.3) is 0 Å². The Bertz CT molecular complexity index is 416. The Morgan fingerprint density at radius 3 is 2.50 bits per heavy atom. The van der Waals surface area contributed by atoms with E-state index >= 15 is 0 Å². The first kappa shape index (κ1) is 11.0. The van der Waals surface area contributed by atoms with Gasteiger partial charge in [-0.1, -0.05) is 36.8 Å². The Labute approximate surface area is 110 Å². The van der Waals surface area contributed by atoms with Crippen LogP contribution in [0, 0.1) is 11.3 Å². The summed E-state index contributed by atoms with van der Waals surface area (Å²) >= 11 is 0. The Kier molecular flexibility index (Phi) is 2.51. The van der Waals surface area contributed by atoms with E-state index in [9.17, 15) is 0 Å². The Balaban J connectivity index is 1.43. The van der Waals surface area contributed by atoms with Gasteiger partial charge in [0.05, 0.1) is 0 Å². The molecule has 2 unspecified atom stereocenters. The molecule has 0 radical (unpaired) electrons. The van der Waals surface area contributed by atoms with Crippen LogP contribution < -0.4 is 5.32 Å². The summed E-state index contributed by atoms with van der Waals surface area (Å²) in [6.45, 7) is 1.30. The first-order chi connectivity index (χ1) is 8.87. The fourth-order valence-electron chi connectivity index (χ4n) is 3.89. The van der Waals surface area contributed by atoms with Gasteiger partial charge in [0, 0.05) is 12.6 Å². The van der Waals surface area contributed by atoms with E-state index < -0.39 is 0 Å². The standard InChI is InChI=1S/C17H23N/c1-2-5-13(6-3-1)15-11-16(15)17(9-4-10-17)12-18-14-7-8-14/h1-3,5-6,14-16,18H,4,7-12H2. The first-order valence-electron chi connectivity index (χ1n) is 7.66. The van der Waals surface area contributed by atoms with Crippen LogP contribution in [0.4, 0.5) is 0 Å². The highest BCUT2D eigenvalue weighted by Gasteiger charge is 2.55. The molecule has 4 rings (SSSR count). The molecular formula is C17H23N. The Morgan fingerprint density at radius 1 is 1.11 bits per heavy atom. The molecule has 1 heteroatoms. The molecule has 0 aliphatic heterocycles. The van der Waals surface area contributed by atoms with Gasteiger partial charge in [0.25, 0.3) is 0 Å². The zero-order chi connectivity index (χ0) is 12.0. The number of hydrogen-bond acceptors (Lipinski definition) is 1. The topological polar surface area (TPSA) is 12.0 Å². The van der Waals surface area contributed by atoms with E-state index in [4.69, 9.17) is 0 Å². The molecule has 3 saturated carbocycles. The Hall–Kier alpha value is -0.820. The second-order valence-corrected chi connectivity index (χ2v) is 6.73. The van der Waals surface area contributed by atoms with Crippen molar-refractivity contribution < 1.29 is 0 Å². The molecule has 3 aliphatic carbocycles. The van der Waals surface area contributed by atoms with E-state index in [1.807, 2.05) is 0 Å². The molecule has 1 aromatic rings. The van der Waals surface area contributed by atoms with Crippen molar-refractivity contribution in [1.82, 2.24) is 5.32 Å². The summed E-state index contributed by atoms with van der Waals surface area (Å²) < 4.78 is 0. The number of rotatable bonds is 5. The number of nitrogens with one attached hydrogen (secondary N) is 1. The third-order valence-electron chi connectivity index (χ3n) is 5.47. The normalized spacial score (nSPS) is 32.9. The molecule has 3 aliphatic rings. The fraction of sp³-hybridized carbons (Fsp3) is 0.647. The third-order valence-corrected chi connectivity index (χ3v) is 5.47. The second kappa shape index (κ2) is 4.09. The summed E-state index contributed by atoms with van der Waals surface area (Å²) in [5.41, 5.74) is 2.25. The number of hydrogen-bond donors (Lipinski definition) is 1. The van der Waals surface area contributed by atoms with E-state index in [0.29, 0.717) is 5.41 Å². The predicted octanol–water partition coefficient (Wildman–Crippen LogP) is 3.71. The highest BCUT2D eigenvalue weighted by atomic mass is 15.0.